The third kappa shape index (κ3) is 4.27. The number of aromatic amines is 1. The minimum absolute atomic E-state index is 0.00155. The van der Waals surface area contributed by atoms with Crippen molar-refractivity contribution >= 4 is 16.8 Å². The number of amides is 1. The van der Waals surface area contributed by atoms with Crippen LogP contribution in [0.2, 0.25) is 0 Å². The first-order valence-electron chi connectivity index (χ1n) is 9.98. The minimum Gasteiger partial charge on any atom is -0.483 e. The van der Waals surface area contributed by atoms with E-state index >= 15 is 0 Å². The zero-order valence-corrected chi connectivity index (χ0v) is 16.8. The standard InChI is InChI=1S/C23H26FN3O2/c1-16-13-27(17(2)12-26(16)14-18-6-8-19(24)9-7-18)23(28)15-29-22-5-3-4-21-20(22)10-11-25-21/h3-11,16-17,25H,12-15H2,1-2H3/t16-,17+/m1/s1. The molecule has 1 aliphatic heterocycles. The molecule has 0 aliphatic carbocycles. The van der Waals surface area contributed by atoms with Gasteiger partial charge in [0.05, 0.1) is 0 Å². The maximum atomic E-state index is 13.1. The highest BCUT2D eigenvalue weighted by Gasteiger charge is 2.32. The molecule has 29 heavy (non-hydrogen) atoms. The first-order valence-corrected chi connectivity index (χ1v) is 9.98. The molecule has 1 N–H and O–H groups in total. The number of fused-ring (bicyclic) bond motifs is 1. The van der Waals surface area contributed by atoms with Gasteiger partial charge in [-0.15, -0.1) is 0 Å². The Morgan fingerprint density at radius 3 is 2.69 bits per heavy atom. The lowest BCUT2D eigenvalue weighted by molar-refractivity contribution is -0.139. The average molecular weight is 395 g/mol. The predicted molar refractivity (Wildman–Crippen MR) is 111 cm³/mol. The first-order chi connectivity index (χ1) is 14.0. The van der Waals surface area contributed by atoms with Crippen molar-refractivity contribution in [3.05, 3.63) is 66.1 Å². The van der Waals surface area contributed by atoms with Crippen molar-refractivity contribution < 1.29 is 13.9 Å². The number of rotatable bonds is 5. The van der Waals surface area contributed by atoms with Crippen molar-refractivity contribution in [2.45, 2.75) is 32.5 Å². The van der Waals surface area contributed by atoms with E-state index in [1.165, 1.54) is 12.1 Å². The summed E-state index contributed by atoms with van der Waals surface area (Å²) < 4.78 is 19.0. The van der Waals surface area contributed by atoms with E-state index in [0.717, 1.165) is 29.6 Å². The van der Waals surface area contributed by atoms with Gasteiger partial charge in [-0.3, -0.25) is 9.69 Å². The normalized spacial score (nSPS) is 20.2. The third-order valence-electron chi connectivity index (χ3n) is 5.64. The van der Waals surface area contributed by atoms with Crippen LogP contribution in [0.5, 0.6) is 5.75 Å². The van der Waals surface area contributed by atoms with Gasteiger partial charge in [0.15, 0.2) is 6.61 Å². The van der Waals surface area contributed by atoms with E-state index in [0.29, 0.717) is 12.3 Å². The molecule has 1 fully saturated rings. The molecular formula is C23H26FN3O2. The molecule has 2 heterocycles. The van der Waals surface area contributed by atoms with Crippen molar-refractivity contribution in [3.63, 3.8) is 0 Å². The van der Waals surface area contributed by atoms with Crippen molar-refractivity contribution in [1.82, 2.24) is 14.8 Å². The summed E-state index contributed by atoms with van der Waals surface area (Å²) >= 11 is 0. The van der Waals surface area contributed by atoms with E-state index < -0.39 is 0 Å². The summed E-state index contributed by atoms with van der Waals surface area (Å²) in [6, 6.07) is 14.7. The zero-order valence-electron chi connectivity index (χ0n) is 16.8. The molecule has 152 valence electrons. The molecule has 2 atom stereocenters. The summed E-state index contributed by atoms with van der Waals surface area (Å²) in [5, 5.41) is 0.978. The molecule has 1 aromatic heterocycles. The Balaban J connectivity index is 1.36. The fraction of sp³-hybridized carbons (Fsp3) is 0.348. The van der Waals surface area contributed by atoms with Gasteiger partial charge in [-0.2, -0.15) is 0 Å². The molecule has 0 spiro atoms. The van der Waals surface area contributed by atoms with Gasteiger partial charge in [-0.05, 0) is 49.7 Å². The number of halogens is 1. The lowest BCUT2D eigenvalue weighted by atomic mass is 10.1. The van der Waals surface area contributed by atoms with Crippen molar-refractivity contribution in [2.24, 2.45) is 0 Å². The number of hydrogen-bond acceptors (Lipinski definition) is 3. The second-order valence-corrected chi connectivity index (χ2v) is 7.78. The number of nitrogens with zero attached hydrogens (tertiary/aromatic N) is 2. The lowest BCUT2D eigenvalue weighted by Gasteiger charge is -2.44. The van der Waals surface area contributed by atoms with Crippen molar-refractivity contribution in [1.29, 1.82) is 0 Å². The fourth-order valence-electron chi connectivity index (χ4n) is 4.00. The molecule has 3 aromatic rings. The molecule has 0 radical (unpaired) electrons. The smallest absolute Gasteiger partial charge is 0.260 e. The zero-order chi connectivity index (χ0) is 20.4. The molecule has 1 amide bonds. The predicted octanol–water partition coefficient (Wildman–Crippen LogP) is 3.81. The van der Waals surface area contributed by atoms with E-state index in [2.05, 4.69) is 23.7 Å². The maximum Gasteiger partial charge on any atom is 0.260 e. The molecule has 2 aromatic carbocycles. The molecule has 0 saturated carbocycles. The second kappa shape index (κ2) is 8.25. The van der Waals surface area contributed by atoms with Crippen LogP contribution in [0.1, 0.15) is 19.4 Å². The van der Waals surface area contributed by atoms with E-state index in [1.807, 2.05) is 47.5 Å². The number of nitrogens with one attached hydrogen (secondary N) is 1. The van der Waals surface area contributed by atoms with Crippen LogP contribution in [0.4, 0.5) is 4.39 Å². The topological polar surface area (TPSA) is 48.6 Å². The van der Waals surface area contributed by atoms with Gasteiger partial charge in [0.2, 0.25) is 0 Å². The van der Waals surface area contributed by atoms with Crippen molar-refractivity contribution in [2.75, 3.05) is 19.7 Å². The van der Waals surface area contributed by atoms with Gasteiger partial charge in [0.1, 0.15) is 11.6 Å². The van der Waals surface area contributed by atoms with Crippen LogP contribution >= 0.6 is 0 Å². The summed E-state index contributed by atoms with van der Waals surface area (Å²) in [6.45, 7) is 6.39. The number of ether oxygens (including phenoxy) is 1. The molecule has 1 saturated heterocycles. The van der Waals surface area contributed by atoms with Gasteiger partial charge in [-0.25, -0.2) is 4.39 Å². The fourth-order valence-corrected chi connectivity index (χ4v) is 4.00. The Morgan fingerprint density at radius 1 is 1.10 bits per heavy atom. The Labute approximate surface area is 170 Å². The monoisotopic (exact) mass is 395 g/mol. The van der Waals surface area contributed by atoms with Gasteiger partial charge < -0.3 is 14.6 Å². The Morgan fingerprint density at radius 2 is 1.90 bits per heavy atom. The van der Waals surface area contributed by atoms with Gasteiger partial charge >= 0.3 is 0 Å². The molecule has 0 bridgehead atoms. The number of aromatic nitrogens is 1. The number of benzene rings is 2. The summed E-state index contributed by atoms with van der Waals surface area (Å²) in [6.07, 6.45) is 1.86. The summed E-state index contributed by atoms with van der Waals surface area (Å²) in [5.41, 5.74) is 2.07. The number of carbonyl (C=O) groups is 1. The molecule has 0 unspecified atom stereocenters. The van der Waals surface area contributed by atoms with Crippen LogP contribution < -0.4 is 4.74 Å². The molecule has 1 aliphatic rings. The quantitative estimate of drug-likeness (QED) is 0.715. The number of H-pyrrole nitrogens is 1. The highest BCUT2D eigenvalue weighted by molar-refractivity contribution is 5.86. The van der Waals surface area contributed by atoms with Gasteiger partial charge in [0.25, 0.3) is 5.91 Å². The van der Waals surface area contributed by atoms with Crippen molar-refractivity contribution in [3.8, 4) is 5.75 Å². The number of carbonyl (C=O) groups excluding carboxylic acids is 1. The lowest BCUT2D eigenvalue weighted by Crippen LogP contribution is -2.58. The van der Waals surface area contributed by atoms with E-state index in [9.17, 15) is 9.18 Å². The third-order valence-corrected chi connectivity index (χ3v) is 5.64. The highest BCUT2D eigenvalue weighted by atomic mass is 19.1. The van der Waals surface area contributed by atoms with Crippen LogP contribution in [0.15, 0.2) is 54.7 Å². The van der Waals surface area contributed by atoms with E-state index in [-0.39, 0.29) is 30.4 Å². The van der Waals surface area contributed by atoms with Crippen LogP contribution in [-0.4, -0.2) is 52.5 Å². The summed E-state index contributed by atoms with van der Waals surface area (Å²) in [4.78, 5) is 20.2. The van der Waals surface area contributed by atoms with Gasteiger partial charge in [0, 0.05) is 48.8 Å². The van der Waals surface area contributed by atoms with E-state index in [1.54, 1.807) is 0 Å². The Bertz CT molecular complexity index is 985. The number of piperazine rings is 1. The van der Waals surface area contributed by atoms with Crippen LogP contribution in [-0.2, 0) is 11.3 Å². The average Bonchev–Trinajstić information content (AvgIpc) is 3.20. The Hall–Kier alpha value is -2.86. The van der Waals surface area contributed by atoms with Crippen LogP contribution in [0, 0.1) is 5.82 Å². The summed E-state index contributed by atoms with van der Waals surface area (Å²) in [5.74, 6) is 0.493. The molecule has 6 heteroatoms. The SMILES string of the molecule is C[C@@H]1CN(C(=O)COc2cccc3[nH]ccc23)[C@@H](C)CN1Cc1ccc(F)cc1. The molecule has 4 rings (SSSR count). The molecular weight excluding hydrogens is 369 g/mol. The highest BCUT2D eigenvalue weighted by Crippen LogP contribution is 2.25. The van der Waals surface area contributed by atoms with Crippen LogP contribution in [0.3, 0.4) is 0 Å². The molecule has 5 nitrogen and oxygen atoms in total. The minimum atomic E-state index is -0.221. The largest absolute Gasteiger partial charge is 0.483 e. The Kier molecular flexibility index (Phi) is 5.53. The second-order valence-electron chi connectivity index (χ2n) is 7.78. The van der Waals surface area contributed by atoms with Crippen LogP contribution in [0.25, 0.3) is 10.9 Å². The first kappa shape index (κ1) is 19.5. The van der Waals surface area contributed by atoms with Gasteiger partial charge in [-0.1, -0.05) is 18.2 Å². The number of hydrogen-bond donors (Lipinski definition) is 1. The van der Waals surface area contributed by atoms with E-state index in [4.69, 9.17) is 4.74 Å². The summed E-state index contributed by atoms with van der Waals surface area (Å²) in [7, 11) is 0. The maximum absolute atomic E-state index is 13.1.